The number of benzene rings is 1. The molecule has 0 saturated heterocycles. The Hall–Kier alpha value is -2.74. The van der Waals surface area contributed by atoms with E-state index in [1.165, 1.54) is 7.11 Å². The molecule has 0 spiro atoms. The predicted octanol–water partition coefficient (Wildman–Crippen LogP) is 3.67. The Morgan fingerprint density at radius 2 is 2.28 bits per heavy atom. The number of aromatic amines is 1. The third kappa shape index (κ3) is 3.85. The number of carbonyl (C=O) groups excluding carboxylic acids is 1. The minimum Gasteiger partial charge on any atom is -0.453 e. The lowest BCUT2D eigenvalue weighted by atomic mass is 10.1. The number of aromatic nitrogens is 2. The number of hydrogen-bond donors (Lipinski definition) is 3. The molecular formula is C17H20FN5O2. The van der Waals surface area contributed by atoms with Crippen molar-refractivity contribution in [2.24, 2.45) is 10.7 Å². The minimum atomic E-state index is -0.587. The van der Waals surface area contributed by atoms with E-state index in [4.69, 9.17) is 5.73 Å². The molecule has 7 nitrogen and oxygen atoms in total. The van der Waals surface area contributed by atoms with Crippen LogP contribution >= 0.6 is 0 Å². The number of carbonyl (C=O) groups is 1. The standard InChI is InChI=1S/C17H20FN5O2/c1-25-17(24)21-10-6-7-11-13(9-10)20-8-4-2-3-5-12(19)16-22-14(11)15(18)23-16/h6-9,12H,2-5,19H2,1H3,(H,21,24)(H,22,23)/b20-8+/t12-/m0/s1. The Bertz CT molecular complexity index is 802. The topological polar surface area (TPSA) is 105 Å². The van der Waals surface area contributed by atoms with E-state index in [1.807, 2.05) is 0 Å². The van der Waals surface area contributed by atoms with Crippen LogP contribution < -0.4 is 11.1 Å². The molecule has 132 valence electrons. The number of H-pyrrole nitrogens is 1. The van der Waals surface area contributed by atoms with Gasteiger partial charge in [-0.2, -0.15) is 4.39 Å². The van der Waals surface area contributed by atoms with Crippen molar-refractivity contribution in [2.75, 3.05) is 12.4 Å². The van der Waals surface area contributed by atoms with Crippen LogP contribution in [0.5, 0.6) is 0 Å². The van der Waals surface area contributed by atoms with Crippen molar-refractivity contribution >= 4 is 23.7 Å². The first kappa shape index (κ1) is 17.1. The SMILES string of the molecule is COC(=O)Nc1ccc2c(c1)/N=C/CCCC[C@H](N)c1nc-2c(F)[nH]1. The summed E-state index contributed by atoms with van der Waals surface area (Å²) >= 11 is 0. The fraction of sp³-hybridized carbons (Fsp3) is 0.353. The molecule has 2 heterocycles. The maximum absolute atomic E-state index is 14.4. The molecule has 8 heteroatoms. The molecule has 1 atom stereocenters. The van der Waals surface area contributed by atoms with E-state index >= 15 is 0 Å². The lowest BCUT2D eigenvalue weighted by Crippen LogP contribution is -2.12. The first-order valence-corrected chi connectivity index (χ1v) is 8.11. The number of hydrogen-bond acceptors (Lipinski definition) is 5. The van der Waals surface area contributed by atoms with E-state index in [9.17, 15) is 9.18 Å². The molecule has 1 aliphatic rings. The van der Waals surface area contributed by atoms with Gasteiger partial charge in [-0.25, -0.2) is 9.78 Å². The Labute approximate surface area is 144 Å². The van der Waals surface area contributed by atoms with Crippen molar-refractivity contribution < 1.29 is 13.9 Å². The lowest BCUT2D eigenvalue weighted by molar-refractivity contribution is 0.187. The van der Waals surface area contributed by atoms with Crippen LogP contribution in [0.1, 0.15) is 37.5 Å². The summed E-state index contributed by atoms with van der Waals surface area (Å²) in [6.07, 6.45) is 4.57. The summed E-state index contributed by atoms with van der Waals surface area (Å²) in [7, 11) is 1.28. The number of nitrogens with one attached hydrogen (secondary N) is 2. The molecule has 1 aromatic heterocycles. The van der Waals surface area contributed by atoms with E-state index in [1.54, 1.807) is 24.4 Å². The molecule has 0 radical (unpaired) electrons. The van der Waals surface area contributed by atoms with E-state index in [-0.39, 0.29) is 11.7 Å². The lowest BCUT2D eigenvalue weighted by Gasteiger charge is -2.10. The van der Waals surface area contributed by atoms with Gasteiger partial charge in [-0.1, -0.05) is 6.42 Å². The van der Waals surface area contributed by atoms with Gasteiger partial charge in [-0.15, -0.1) is 0 Å². The molecule has 1 aliphatic heterocycles. The van der Waals surface area contributed by atoms with Crippen LogP contribution in [0.15, 0.2) is 23.2 Å². The molecule has 2 aromatic rings. The van der Waals surface area contributed by atoms with Crippen LogP contribution in [0.3, 0.4) is 0 Å². The van der Waals surface area contributed by atoms with Gasteiger partial charge in [0.1, 0.15) is 11.5 Å². The summed E-state index contributed by atoms with van der Waals surface area (Å²) in [5.74, 6) is -0.116. The molecule has 3 rings (SSSR count). The zero-order valence-electron chi connectivity index (χ0n) is 13.9. The highest BCUT2D eigenvalue weighted by Crippen LogP contribution is 2.34. The minimum absolute atomic E-state index is 0.169. The van der Waals surface area contributed by atoms with E-state index in [0.717, 1.165) is 25.7 Å². The number of halogens is 1. The summed E-state index contributed by atoms with van der Waals surface area (Å²) in [6.45, 7) is 0. The fourth-order valence-electron chi connectivity index (χ4n) is 2.71. The highest BCUT2D eigenvalue weighted by molar-refractivity contribution is 5.88. The van der Waals surface area contributed by atoms with Crippen molar-refractivity contribution in [3.8, 4) is 11.3 Å². The predicted molar refractivity (Wildman–Crippen MR) is 93.6 cm³/mol. The number of amides is 1. The number of rotatable bonds is 1. The summed E-state index contributed by atoms with van der Waals surface area (Å²) < 4.78 is 19.0. The number of ether oxygens (including phenoxy) is 1. The van der Waals surface area contributed by atoms with Crippen molar-refractivity contribution in [1.29, 1.82) is 0 Å². The number of fused-ring (bicyclic) bond motifs is 4. The maximum Gasteiger partial charge on any atom is 0.411 e. The third-order valence-corrected chi connectivity index (χ3v) is 4.04. The average molecular weight is 345 g/mol. The molecule has 0 fully saturated rings. The Morgan fingerprint density at radius 3 is 3.08 bits per heavy atom. The second-order valence-electron chi connectivity index (χ2n) is 5.84. The molecule has 25 heavy (non-hydrogen) atoms. The van der Waals surface area contributed by atoms with Gasteiger partial charge in [0.2, 0.25) is 5.95 Å². The largest absolute Gasteiger partial charge is 0.453 e. The molecule has 0 unspecified atom stereocenters. The number of methoxy groups -OCH3 is 1. The van der Waals surface area contributed by atoms with Gasteiger partial charge < -0.3 is 15.5 Å². The van der Waals surface area contributed by atoms with Crippen molar-refractivity contribution in [3.63, 3.8) is 0 Å². The van der Waals surface area contributed by atoms with Crippen LogP contribution in [-0.4, -0.2) is 29.4 Å². The number of anilines is 1. The molecule has 2 bridgehead atoms. The molecule has 0 saturated carbocycles. The molecular weight excluding hydrogens is 325 g/mol. The van der Waals surface area contributed by atoms with E-state index in [2.05, 4.69) is 25.0 Å². The van der Waals surface area contributed by atoms with Gasteiger partial charge >= 0.3 is 6.09 Å². The normalized spacial score (nSPS) is 18.4. The first-order chi connectivity index (χ1) is 12.1. The van der Waals surface area contributed by atoms with Crippen molar-refractivity contribution in [1.82, 2.24) is 9.97 Å². The van der Waals surface area contributed by atoms with Gasteiger partial charge in [0.25, 0.3) is 0 Å². The summed E-state index contributed by atoms with van der Waals surface area (Å²) in [5.41, 5.74) is 7.80. The average Bonchev–Trinajstić information content (AvgIpc) is 2.99. The van der Waals surface area contributed by atoms with Gasteiger partial charge in [-0.3, -0.25) is 10.3 Å². The monoisotopic (exact) mass is 345 g/mol. The Kier molecular flexibility index (Phi) is 5.08. The van der Waals surface area contributed by atoms with Gasteiger partial charge in [0.15, 0.2) is 0 Å². The summed E-state index contributed by atoms with van der Waals surface area (Å²) in [5, 5.41) is 2.57. The van der Waals surface area contributed by atoms with Gasteiger partial charge in [0, 0.05) is 17.5 Å². The number of nitrogens with zero attached hydrogens (tertiary/aromatic N) is 2. The van der Waals surface area contributed by atoms with Crippen LogP contribution in [0.25, 0.3) is 11.3 Å². The first-order valence-electron chi connectivity index (χ1n) is 8.11. The van der Waals surface area contributed by atoms with E-state index in [0.29, 0.717) is 22.8 Å². The molecule has 1 amide bonds. The van der Waals surface area contributed by atoms with Gasteiger partial charge in [0.05, 0.1) is 18.8 Å². The molecule has 4 N–H and O–H groups in total. The zero-order chi connectivity index (χ0) is 17.8. The quantitative estimate of drug-likeness (QED) is 0.733. The van der Waals surface area contributed by atoms with Crippen LogP contribution in [0, 0.1) is 5.95 Å². The summed E-state index contributed by atoms with van der Waals surface area (Å²) in [6, 6.07) is 4.63. The highest BCUT2D eigenvalue weighted by atomic mass is 19.1. The number of imidazole rings is 1. The number of nitrogens with two attached hydrogens (primary N) is 1. The second kappa shape index (κ2) is 7.43. The molecule has 0 aliphatic carbocycles. The van der Waals surface area contributed by atoms with E-state index < -0.39 is 12.0 Å². The van der Waals surface area contributed by atoms with Crippen LogP contribution in [-0.2, 0) is 4.74 Å². The molecule has 1 aromatic carbocycles. The Balaban J connectivity index is 2.06. The highest BCUT2D eigenvalue weighted by Gasteiger charge is 2.19. The summed E-state index contributed by atoms with van der Waals surface area (Å²) in [4.78, 5) is 22.8. The van der Waals surface area contributed by atoms with Crippen molar-refractivity contribution in [2.45, 2.75) is 31.7 Å². The third-order valence-electron chi connectivity index (χ3n) is 4.04. The maximum atomic E-state index is 14.4. The van der Waals surface area contributed by atoms with Crippen LogP contribution in [0.2, 0.25) is 0 Å². The zero-order valence-corrected chi connectivity index (χ0v) is 13.9. The smallest absolute Gasteiger partial charge is 0.411 e. The number of aliphatic imine (C=N–C) groups is 1. The van der Waals surface area contributed by atoms with Crippen LogP contribution in [0.4, 0.5) is 20.6 Å². The Morgan fingerprint density at radius 1 is 1.44 bits per heavy atom. The van der Waals surface area contributed by atoms with Crippen molar-refractivity contribution in [3.05, 3.63) is 30.0 Å². The van der Waals surface area contributed by atoms with Gasteiger partial charge in [-0.05, 0) is 37.5 Å². The fourth-order valence-corrected chi connectivity index (χ4v) is 2.71. The second-order valence-corrected chi connectivity index (χ2v) is 5.84.